The van der Waals surface area contributed by atoms with Crippen molar-refractivity contribution in [1.29, 1.82) is 0 Å². The molecule has 1 N–H and O–H groups in total. The highest BCUT2D eigenvalue weighted by molar-refractivity contribution is 4.66. The Balaban J connectivity index is 1.88. The Morgan fingerprint density at radius 1 is 1.83 bits per heavy atom. The van der Waals surface area contributed by atoms with Crippen LogP contribution in [0.2, 0.25) is 0 Å². The summed E-state index contributed by atoms with van der Waals surface area (Å²) in [4.78, 5) is 0. The summed E-state index contributed by atoms with van der Waals surface area (Å²) in [5, 5.41) is 8.20. The summed E-state index contributed by atoms with van der Waals surface area (Å²) in [6.45, 7) is 1.13. The molecule has 1 aliphatic heterocycles. The lowest BCUT2D eigenvalue weighted by atomic mass is 10.4. The maximum Gasteiger partial charge on any atom is 0.0831 e. The van der Waals surface area contributed by atoms with Crippen LogP contribution >= 0.6 is 0 Å². The first kappa shape index (κ1) is 4.09. The van der Waals surface area contributed by atoms with Gasteiger partial charge < -0.3 is 9.84 Å². The second-order valence-corrected chi connectivity index (χ2v) is 1.47. The first-order chi connectivity index (χ1) is 2.93. The van der Waals surface area contributed by atoms with E-state index in [0.29, 0.717) is 6.10 Å². The van der Waals surface area contributed by atoms with Crippen molar-refractivity contribution in [1.82, 2.24) is 0 Å². The SMILES string of the molecule is [18OH]CCC1CO1. The fourth-order valence-electron chi connectivity index (χ4n) is 0.379. The van der Waals surface area contributed by atoms with E-state index in [1.807, 2.05) is 0 Å². The quantitative estimate of drug-likeness (QED) is 0.375. The molecule has 1 saturated heterocycles. The van der Waals surface area contributed by atoms with Crippen LogP contribution < -0.4 is 0 Å². The highest BCUT2D eigenvalue weighted by Crippen LogP contribution is 2.11. The minimum atomic E-state index is 0.269. The molecule has 0 spiro atoms. The second-order valence-electron chi connectivity index (χ2n) is 1.47. The lowest BCUT2D eigenvalue weighted by Crippen LogP contribution is -1.88. The summed E-state index contributed by atoms with van der Waals surface area (Å²) in [6.07, 6.45) is 1.22. The van der Waals surface area contributed by atoms with Crippen LogP contribution in [0.5, 0.6) is 0 Å². The average molecular weight is 90.1 g/mol. The predicted molar refractivity (Wildman–Crippen MR) is 21.4 cm³/mol. The van der Waals surface area contributed by atoms with Gasteiger partial charge in [-0.25, -0.2) is 0 Å². The van der Waals surface area contributed by atoms with Crippen molar-refractivity contribution in [3.8, 4) is 0 Å². The molecule has 2 nitrogen and oxygen atoms in total. The van der Waals surface area contributed by atoms with E-state index in [0.717, 1.165) is 13.0 Å². The Morgan fingerprint density at radius 2 is 2.50 bits per heavy atom. The number of hydrogen-bond donors (Lipinski definition) is 1. The molecule has 0 aromatic rings. The predicted octanol–water partition coefficient (Wildman–Crippen LogP) is -0.232. The van der Waals surface area contributed by atoms with E-state index in [-0.39, 0.29) is 6.61 Å². The Bertz CT molecular complexity index is 40.8. The molecule has 36 valence electrons. The maximum absolute atomic E-state index is 8.20. The number of epoxide rings is 1. The molecule has 0 radical (unpaired) electrons. The highest BCUT2D eigenvalue weighted by Gasteiger charge is 2.20. The van der Waals surface area contributed by atoms with Crippen molar-refractivity contribution in [2.75, 3.05) is 13.2 Å². The molecule has 0 saturated carbocycles. The van der Waals surface area contributed by atoms with Crippen molar-refractivity contribution in [3.05, 3.63) is 0 Å². The number of aliphatic hydroxyl groups excluding tert-OH is 1. The zero-order valence-corrected chi connectivity index (χ0v) is 3.55. The van der Waals surface area contributed by atoms with Gasteiger partial charge in [0.2, 0.25) is 0 Å². The maximum atomic E-state index is 8.20. The zero-order chi connectivity index (χ0) is 4.41. The van der Waals surface area contributed by atoms with Gasteiger partial charge in [-0.15, -0.1) is 0 Å². The van der Waals surface area contributed by atoms with E-state index in [1.54, 1.807) is 0 Å². The van der Waals surface area contributed by atoms with Crippen molar-refractivity contribution >= 4 is 0 Å². The minimum Gasteiger partial charge on any atom is -0.396 e. The molecule has 1 fully saturated rings. The molecule has 2 heteroatoms. The van der Waals surface area contributed by atoms with E-state index in [9.17, 15) is 0 Å². The van der Waals surface area contributed by atoms with Crippen LogP contribution in [0.1, 0.15) is 6.42 Å². The number of rotatable bonds is 2. The molecular formula is C4H8O2. The van der Waals surface area contributed by atoms with Gasteiger partial charge >= 0.3 is 0 Å². The van der Waals surface area contributed by atoms with Crippen molar-refractivity contribution in [3.63, 3.8) is 0 Å². The van der Waals surface area contributed by atoms with Gasteiger partial charge in [0.1, 0.15) is 0 Å². The van der Waals surface area contributed by atoms with Crippen LogP contribution in [-0.2, 0) is 4.74 Å². The molecule has 1 heterocycles. The lowest BCUT2D eigenvalue weighted by molar-refractivity contribution is 0.264. The van der Waals surface area contributed by atoms with Gasteiger partial charge in [-0.05, 0) is 6.42 Å². The van der Waals surface area contributed by atoms with Crippen LogP contribution in [0.25, 0.3) is 0 Å². The van der Waals surface area contributed by atoms with Crippen molar-refractivity contribution < 1.29 is 9.84 Å². The highest BCUT2D eigenvalue weighted by atomic mass is 18.2. The molecule has 1 unspecified atom stereocenters. The summed E-state index contributed by atoms with van der Waals surface area (Å²) in [7, 11) is 0. The van der Waals surface area contributed by atoms with Gasteiger partial charge in [0.25, 0.3) is 0 Å². The summed E-state index contributed by atoms with van der Waals surface area (Å²) >= 11 is 0. The number of hydrogen-bond acceptors (Lipinski definition) is 2. The number of aliphatic hydroxyl groups is 1. The van der Waals surface area contributed by atoms with E-state index in [1.165, 1.54) is 0 Å². The van der Waals surface area contributed by atoms with E-state index >= 15 is 0 Å². The van der Waals surface area contributed by atoms with Crippen LogP contribution in [0.4, 0.5) is 0 Å². The standard InChI is InChI=1S/C4H8O2/c5-2-1-4-3-6-4/h4-5H,1-3H2/i5+2. The molecule has 1 rings (SSSR count). The minimum absolute atomic E-state index is 0.269. The molecule has 0 aromatic carbocycles. The van der Waals surface area contributed by atoms with Gasteiger partial charge in [-0.1, -0.05) is 0 Å². The fraction of sp³-hybridized carbons (Fsp3) is 1.00. The first-order valence-corrected chi connectivity index (χ1v) is 2.16. The normalized spacial score (nSPS) is 30.5. The molecule has 0 aromatic heterocycles. The third-order valence-corrected chi connectivity index (χ3v) is 0.853. The second kappa shape index (κ2) is 1.58. The summed E-state index contributed by atoms with van der Waals surface area (Å²) in [5.74, 6) is 0. The molecule has 6 heavy (non-hydrogen) atoms. The average Bonchev–Trinajstić information content (AvgIpc) is 2.21. The smallest absolute Gasteiger partial charge is 0.0831 e. The molecule has 1 aliphatic rings. The van der Waals surface area contributed by atoms with Gasteiger partial charge in [0.15, 0.2) is 0 Å². The third-order valence-electron chi connectivity index (χ3n) is 0.853. The van der Waals surface area contributed by atoms with Crippen molar-refractivity contribution in [2.45, 2.75) is 12.5 Å². The van der Waals surface area contributed by atoms with E-state index < -0.39 is 0 Å². The van der Waals surface area contributed by atoms with Gasteiger partial charge in [-0.3, -0.25) is 0 Å². The summed E-state index contributed by atoms with van der Waals surface area (Å²) in [6, 6.07) is 0. The Labute approximate surface area is 36.7 Å². The van der Waals surface area contributed by atoms with Crippen LogP contribution in [0.15, 0.2) is 0 Å². The van der Waals surface area contributed by atoms with E-state index in [2.05, 4.69) is 0 Å². The third kappa shape index (κ3) is 0.954. The molecule has 0 bridgehead atoms. The zero-order valence-electron chi connectivity index (χ0n) is 3.55. The molecule has 0 amide bonds. The number of ether oxygens (including phenoxy) is 1. The Kier molecular flexibility index (Phi) is 1.08. The topological polar surface area (TPSA) is 32.8 Å². The summed E-state index contributed by atoms with van der Waals surface area (Å²) < 4.78 is 4.79. The van der Waals surface area contributed by atoms with Gasteiger partial charge in [0, 0.05) is 6.61 Å². The lowest BCUT2D eigenvalue weighted by Gasteiger charge is -1.80. The monoisotopic (exact) mass is 90.1 g/mol. The molecule has 0 aliphatic carbocycles. The Hall–Kier alpha value is -0.0800. The molecule has 1 atom stereocenters. The first-order valence-electron chi connectivity index (χ1n) is 2.16. The largest absolute Gasteiger partial charge is 0.396 e. The Morgan fingerprint density at radius 3 is 2.67 bits per heavy atom. The molecular weight excluding hydrogens is 82.0 g/mol. The van der Waals surface area contributed by atoms with Crippen LogP contribution in [0, 0.1) is 0 Å². The van der Waals surface area contributed by atoms with E-state index in [4.69, 9.17) is 9.84 Å². The van der Waals surface area contributed by atoms with Crippen LogP contribution in [-0.4, -0.2) is 24.4 Å². The fourth-order valence-corrected chi connectivity index (χ4v) is 0.379. The van der Waals surface area contributed by atoms with Gasteiger partial charge in [-0.2, -0.15) is 0 Å². The van der Waals surface area contributed by atoms with Crippen molar-refractivity contribution in [2.24, 2.45) is 0 Å². The van der Waals surface area contributed by atoms with Gasteiger partial charge in [0.05, 0.1) is 12.7 Å². The summed E-state index contributed by atoms with van der Waals surface area (Å²) in [5.41, 5.74) is 0. The van der Waals surface area contributed by atoms with Crippen LogP contribution in [0.3, 0.4) is 0 Å².